The van der Waals surface area contributed by atoms with Crippen molar-refractivity contribution < 1.29 is 5.11 Å². The first-order chi connectivity index (χ1) is 15.2. The molecule has 0 saturated carbocycles. The minimum atomic E-state index is 0.164. The number of hydrogen-bond donors (Lipinski definition) is 1. The van der Waals surface area contributed by atoms with Gasteiger partial charge in [0.05, 0.1) is 5.69 Å². The van der Waals surface area contributed by atoms with E-state index in [1.165, 1.54) is 56.9 Å². The smallest absolute Gasteiger partial charge is 0.143 e. The van der Waals surface area contributed by atoms with Crippen LogP contribution >= 0.6 is 0 Å². The Balaban J connectivity index is 1.80. The molecule has 0 radical (unpaired) electrons. The van der Waals surface area contributed by atoms with Gasteiger partial charge in [-0.2, -0.15) is 5.11 Å². The van der Waals surface area contributed by atoms with Crippen LogP contribution in [0.15, 0.2) is 70.9 Å². The number of phenolic OH excluding ortho intramolecular Hbond substituents is 1. The highest BCUT2D eigenvalue weighted by Crippen LogP contribution is 2.38. The highest BCUT2D eigenvalue weighted by atomic mass is 16.3. The average Bonchev–Trinajstić information content (AvgIpc) is 2.80. The number of unbranched alkanes of at least 4 members (excludes halogenated alkanes) is 5. The molecule has 3 rings (SSSR count). The predicted octanol–water partition coefficient (Wildman–Crippen LogP) is 9.60. The second kappa shape index (κ2) is 12.2. The number of azo groups is 1. The van der Waals surface area contributed by atoms with Crippen LogP contribution < -0.4 is 0 Å². The predicted molar refractivity (Wildman–Crippen MR) is 132 cm³/mol. The van der Waals surface area contributed by atoms with E-state index in [2.05, 4.69) is 36.2 Å². The first-order valence-corrected chi connectivity index (χ1v) is 12.0. The van der Waals surface area contributed by atoms with E-state index in [1.807, 2.05) is 42.5 Å². The largest absolute Gasteiger partial charge is 0.506 e. The van der Waals surface area contributed by atoms with Crippen LogP contribution in [0.25, 0.3) is 10.8 Å². The fraction of sp³-hybridized carbons (Fsp3) is 0.429. The van der Waals surface area contributed by atoms with Crippen molar-refractivity contribution in [3.05, 3.63) is 66.2 Å². The summed E-state index contributed by atoms with van der Waals surface area (Å²) in [5, 5.41) is 21.5. The lowest BCUT2D eigenvalue weighted by atomic mass is 9.88. The highest BCUT2D eigenvalue weighted by molar-refractivity contribution is 5.95. The van der Waals surface area contributed by atoms with Gasteiger partial charge in [-0.25, -0.2) is 0 Å². The number of rotatable bonds is 12. The van der Waals surface area contributed by atoms with Gasteiger partial charge in [-0.1, -0.05) is 107 Å². The molecular formula is C28H36N2O. The second-order valence-electron chi connectivity index (χ2n) is 8.46. The molecule has 3 nitrogen and oxygen atoms in total. The van der Waals surface area contributed by atoms with E-state index in [1.54, 1.807) is 6.07 Å². The van der Waals surface area contributed by atoms with Crippen molar-refractivity contribution in [3.63, 3.8) is 0 Å². The minimum absolute atomic E-state index is 0.164. The number of aromatic hydroxyl groups is 1. The normalized spacial score (nSPS) is 12.6. The quantitative estimate of drug-likeness (QED) is 0.232. The van der Waals surface area contributed by atoms with Gasteiger partial charge in [0, 0.05) is 5.39 Å². The van der Waals surface area contributed by atoms with E-state index in [0.717, 1.165) is 22.9 Å². The Morgan fingerprint density at radius 2 is 1.45 bits per heavy atom. The second-order valence-corrected chi connectivity index (χ2v) is 8.46. The molecule has 0 heterocycles. The first-order valence-electron chi connectivity index (χ1n) is 12.0. The molecule has 3 aromatic rings. The maximum absolute atomic E-state index is 10.4. The summed E-state index contributed by atoms with van der Waals surface area (Å²) in [4.78, 5) is 0. The van der Waals surface area contributed by atoms with Crippen LogP contribution in [0.4, 0.5) is 11.4 Å². The van der Waals surface area contributed by atoms with Crippen molar-refractivity contribution in [3.8, 4) is 5.75 Å². The van der Waals surface area contributed by atoms with Crippen LogP contribution in [0.5, 0.6) is 5.75 Å². The third-order valence-corrected chi connectivity index (χ3v) is 6.06. The molecule has 1 atom stereocenters. The molecule has 0 aliphatic rings. The number of nitrogens with zero attached hydrogens (tertiary/aromatic N) is 2. The van der Waals surface area contributed by atoms with Crippen LogP contribution in [0.2, 0.25) is 0 Å². The van der Waals surface area contributed by atoms with Gasteiger partial charge in [0.2, 0.25) is 0 Å². The lowest BCUT2D eigenvalue weighted by Crippen LogP contribution is -1.99. The van der Waals surface area contributed by atoms with Crippen LogP contribution in [-0.2, 0) is 0 Å². The standard InChI is InChI=1S/C28H36N2O/c1-3-5-6-7-8-9-15-22(14-4-2)24-17-12-13-19-26(24)29-30-28-25-18-11-10-16-23(25)20-21-27(28)31/h10-13,16-22,31H,3-9,14-15H2,1-2H3/t22-/m1/s1. The number of fused-ring (bicyclic) bond motifs is 1. The number of benzene rings is 3. The third-order valence-electron chi connectivity index (χ3n) is 6.06. The maximum Gasteiger partial charge on any atom is 0.143 e. The molecule has 3 aromatic carbocycles. The van der Waals surface area contributed by atoms with Crippen molar-refractivity contribution in [2.45, 2.75) is 77.6 Å². The van der Waals surface area contributed by atoms with Crippen LogP contribution in [0.1, 0.15) is 83.1 Å². The fourth-order valence-corrected chi connectivity index (χ4v) is 4.35. The summed E-state index contributed by atoms with van der Waals surface area (Å²) in [6, 6.07) is 19.9. The Labute approximate surface area is 187 Å². The molecule has 164 valence electrons. The molecule has 31 heavy (non-hydrogen) atoms. The van der Waals surface area contributed by atoms with Crippen LogP contribution in [-0.4, -0.2) is 5.11 Å². The van der Waals surface area contributed by atoms with E-state index in [4.69, 9.17) is 0 Å². The summed E-state index contributed by atoms with van der Waals surface area (Å²) in [6.07, 6.45) is 11.5. The molecule has 0 fully saturated rings. The molecule has 0 amide bonds. The summed E-state index contributed by atoms with van der Waals surface area (Å²) in [7, 11) is 0. The number of phenols is 1. The summed E-state index contributed by atoms with van der Waals surface area (Å²) in [6.45, 7) is 4.52. The fourth-order valence-electron chi connectivity index (χ4n) is 4.35. The van der Waals surface area contributed by atoms with Crippen LogP contribution in [0.3, 0.4) is 0 Å². The van der Waals surface area contributed by atoms with Gasteiger partial charge < -0.3 is 5.11 Å². The van der Waals surface area contributed by atoms with E-state index in [-0.39, 0.29) is 5.75 Å². The van der Waals surface area contributed by atoms with Crippen molar-refractivity contribution >= 4 is 22.1 Å². The average molecular weight is 417 g/mol. The summed E-state index contributed by atoms with van der Waals surface area (Å²) < 4.78 is 0. The van der Waals surface area contributed by atoms with E-state index >= 15 is 0 Å². The van der Waals surface area contributed by atoms with Gasteiger partial charge in [0.1, 0.15) is 11.4 Å². The summed E-state index contributed by atoms with van der Waals surface area (Å²) in [5.41, 5.74) is 2.73. The topological polar surface area (TPSA) is 45.0 Å². The van der Waals surface area contributed by atoms with Crippen molar-refractivity contribution in [1.29, 1.82) is 0 Å². The molecule has 1 N–H and O–H groups in total. The van der Waals surface area contributed by atoms with E-state index < -0.39 is 0 Å². The molecule has 0 aromatic heterocycles. The minimum Gasteiger partial charge on any atom is -0.506 e. The molecule has 0 aliphatic heterocycles. The Morgan fingerprint density at radius 1 is 0.710 bits per heavy atom. The molecule has 0 aliphatic carbocycles. The monoisotopic (exact) mass is 416 g/mol. The lowest BCUT2D eigenvalue weighted by molar-refractivity contribution is 0.477. The van der Waals surface area contributed by atoms with Crippen molar-refractivity contribution in [2.75, 3.05) is 0 Å². The van der Waals surface area contributed by atoms with Gasteiger partial charge in [-0.05, 0) is 41.8 Å². The maximum atomic E-state index is 10.4. The van der Waals surface area contributed by atoms with Gasteiger partial charge in [-0.3, -0.25) is 0 Å². The Kier molecular flexibility index (Phi) is 9.08. The Morgan fingerprint density at radius 3 is 2.29 bits per heavy atom. The Bertz CT molecular complexity index is 980. The van der Waals surface area contributed by atoms with Crippen molar-refractivity contribution in [2.24, 2.45) is 10.2 Å². The molecule has 0 unspecified atom stereocenters. The Hall–Kier alpha value is -2.68. The molecule has 0 spiro atoms. The molecule has 3 heteroatoms. The molecular weight excluding hydrogens is 380 g/mol. The molecule has 0 bridgehead atoms. The van der Waals surface area contributed by atoms with Gasteiger partial charge in [-0.15, -0.1) is 5.11 Å². The van der Waals surface area contributed by atoms with Crippen molar-refractivity contribution in [1.82, 2.24) is 0 Å². The SMILES string of the molecule is CCCCCCCC[C@@H](CCC)c1ccccc1N=Nc1c(O)ccc2ccccc12. The zero-order valence-electron chi connectivity index (χ0n) is 19.1. The van der Waals surface area contributed by atoms with E-state index in [0.29, 0.717) is 11.6 Å². The third kappa shape index (κ3) is 6.40. The zero-order chi connectivity index (χ0) is 21.9. The van der Waals surface area contributed by atoms with Gasteiger partial charge in [0.25, 0.3) is 0 Å². The van der Waals surface area contributed by atoms with Gasteiger partial charge >= 0.3 is 0 Å². The van der Waals surface area contributed by atoms with E-state index in [9.17, 15) is 5.11 Å². The highest BCUT2D eigenvalue weighted by Gasteiger charge is 2.15. The summed E-state index contributed by atoms with van der Waals surface area (Å²) in [5.74, 6) is 0.671. The van der Waals surface area contributed by atoms with Gasteiger partial charge in [0.15, 0.2) is 0 Å². The lowest BCUT2D eigenvalue weighted by Gasteiger charge is -2.18. The summed E-state index contributed by atoms with van der Waals surface area (Å²) >= 11 is 0. The number of hydrogen-bond acceptors (Lipinski definition) is 3. The zero-order valence-corrected chi connectivity index (χ0v) is 19.1. The van der Waals surface area contributed by atoms with Crippen LogP contribution in [0, 0.1) is 0 Å². The first kappa shape index (κ1) is 23.0. The molecule has 0 saturated heterocycles.